The maximum absolute atomic E-state index is 13.7. The third-order valence-corrected chi connectivity index (χ3v) is 3.59. The molecule has 1 N–H and O–H groups in total. The second-order valence-corrected chi connectivity index (χ2v) is 5.08. The van der Waals surface area contributed by atoms with E-state index in [0.717, 1.165) is 12.1 Å². The topological polar surface area (TPSA) is 57.6 Å². The minimum atomic E-state index is -0.995. The molecule has 1 amide bonds. The molecule has 0 aliphatic carbocycles. The number of carboxylic acids is 1. The van der Waals surface area contributed by atoms with Crippen molar-refractivity contribution in [3.63, 3.8) is 0 Å². The number of amides is 1. The zero-order chi connectivity index (χ0) is 14.9. The molecule has 1 aliphatic heterocycles. The summed E-state index contributed by atoms with van der Waals surface area (Å²) in [4.78, 5) is 24.3. The average Bonchev–Trinajstić information content (AvgIpc) is 2.42. The molecule has 0 bridgehead atoms. The lowest BCUT2D eigenvalue weighted by atomic mass is 9.97. The Morgan fingerprint density at radius 1 is 1.30 bits per heavy atom. The monoisotopic (exact) mass is 303 g/mol. The molecule has 1 heterocycles. The highest BCUT2D eigenvalue weighted by Crippen LogP contribution is 2.23. The van der Waals surface area contributed by atoms with E-state index in [4.69, 9.17) is 16.7 Å². The Hall–Kier alpha value is -1.69. The van der Waals surface area contributed by atoms with E-state index in [9.17, 15) is 18.4 Å². The minimum absolute atomic E-state index is 0.00213. The van der Waals surface area contributed by atoms with Gasteiger partial charge in [-0.2, -0.15) is 0 Å². The van der Waals surface area contributed by atoms with E-state index in [-0.39, 0.29) is 6.54 Å². The van der Waals surface area contributed by atoms with Gasteiger partial charge in [-0.3, -0.25) is 9.59 Å². The van der Waals surface area contributed by atoms with Gasteiger partial charge in [0, 0.05) is 13.1 Å². The Morgan fingerprint density at radius 3 is 2.65 bits per heavy atom. The molecular weight excluding hydrogens is 292 g/mol. The molecule has 1 fully saturated rings. The number of carboxylic acid groups (broad SMARTS) is 1. The van der Waals surface area contributed by atoms with Gasteiger partial charge in [-0.1, -0.05) is 11.6 Å². The second kappa shape index (κ2) is 5.75. The van der Waals surface area contributed by atoms with Gasteiger partial charge in [-0.05, 0) is 25.0 Å². The molecule has 0 radical (unpaired) electrons. The van der Waals surface area contributed by atoms with Crippen molar-refractivity contribution in [2.24, 2.45) is 5.92 Å². The zero-order valence-corrected chi connectivity index (χ0v) is 11.2. The molecule has 0 spiro atoms. The van der Waals surface area contributed by atoms with Gasteiger partial charge in [-0.15, -0.1) is 0 Å². The molecule has 1 atom stereocenters. The van der Waals surface area contributed by atoms with Crippen LogP contribution in [0.15, 0.2) is 12.1 Å². The fourth-order valence-electron chi connectivity index (χ4n) is 2.22. The maximum atomic E-state index is 13.7. The van der Waals surface area contributed by atoms with Crippen LogP contribution in [0.2, 0.25) is 5.02 Å². The molecule has 0 saturated carbocycles. The van der Waals surface area contributed by atoms with Crippen LogP contribution in [0.3, 0.4) is 0 Å². The van der Waals surface area contributed by atoms with E-state index in [0.29, 0.717) is 19.4 Å². The molecule has 1 aromatic rings. The third kappa shape index (κ3) is 2.90. The van der Waals surface area contributed by atoms with E-state index in [1.807, 2.05) is 0 Å². The first kappa shape index (κ1) is 14.7. The average molecular weight is 304 g/mol. The molecule has 1 aromatic carbocycles. The molecule has 20 heavy (non-hydrogen) atoms. The van der Waals surface area contributed by atoms with Crippen LogP contribution in [0.25, 0.3) is 0 Å². The fourth-order valence-corrected chi connectivity index (χ4v) is 2.37. The number of carbonyl (C=O) groups excluding carboxylic acids is 1. The summed E-state index contributed by atoms with van der Waals surface area (Å²) in [5.74, 6) is -4.19. The summed E-state index contributed by atoms with van der Waals surface area (Å²) in [5, 5.41) is 8.55. The Kier molecular flexibility index (Phi) is 4.23. The van der Waals surface area contributed by atoms with Crippen LogP contribution in [-0.4, -0.2) is 35.0 Å². The molecule has 1 unspecified atom stereocenters. The maximum Gasteiger partial charge on any atom is 0.308 e. The van der Waals surface area contributed by atoms with Gasteiger partial charge in [0.25, 0.3) is 5.91 Å². The second-order valence-electron chi connectivity index (χ2n) is 4.67. The van der Waals surface area contributed by atoms with Crippen molar-refractivity contribution in [3.05, 3.63) is 34.4 Å². The van der Waals surface area contributed by atoms with Gasteiger partial charge in [0.05, 0.1) is 16.5 Å². The first-order chi connectivity index (χ1) is 9.40. The van der Waals surface area contributed by atoms with Crippen molar-refractivity contribution in [2.75, 3.05) is 13.1 Å². The summed E-state index contributed by atoms with van der Waals surface area (Å²) in [6.07, 6.45) is 0.983. The van der Waals surface area contributed by atoms with Crippen LogP contribution in [-0.2, 0) is 4.79 Å². The predicted molar refractivity (Wildman–Crippen MR) is 67.6 cm³/mol. The van der Waals surface area contributed by atoms with Gasteiger partial charge < -0.3 is 10.0 Å². The number of likely N-dealkylation sites (tertiary alicyclic amines) is 1. The summed E-state index contributed by atoms with van der Waals surface area (Å²) in [7, 11) is 0. The molecule has 0 aromatic heterocycles. The Bertz CT molecular complexity index is 565. The number of halogens is 3. The first-order valence-corrected chi connectivity index (χ1v) is 6.44. The number of nitrogens with zero attached hydrogens (tertiary/aromatic N) is 1. The quantitative estimate of drug-likeness (QED) is 0.854. The van der Waals surface area contributed by atoms with Gasteiger partial charge in [0.1, 0.15) is 11.6 Å². The highest BCUT2D eigenvalue weighted by molar-refractivity contribution is 6.30. The Labute approximate surface area is 118 Å². The molecule has 108 valence electrons. The number of hydrogen-bond donors (Lipinski definition) is 1. The molecule has 1 aliphatic rings. The first-order valence-electron chi connectivity index (χ1n) is 6.06. The van der Waals surface area contributed by atoms with Crippen LogP contribution in [0.1, 0.15) is 23.2 Å². The standard InChI is InChI=1S/C13H12ClF2NO3/c14-9-5-10(15)8(4-11(9)16)12(18)17-3-1-2-7(6-17)13(19)20/h4-5,7H,1-3,6H2,(H,19,20). The molecule has 4 nitrogen and oxygen atoms in total. The summed E-state index contributed by atoms with van der Waals surface area (Å²) >= 11 is 5.42. The van der Waals surface area contributed by atoms with Gasteiger partial charge in [-0.25, -0.2) is 8.78 Å². The number of hydrogen-bond acceptors (Lipinski definition) is 2. The zero-order valence-electron chi connectivity index (χ0n) is 10.4. The van der Waals surface area contributed by atoms with Crippen molar-refractivity contribution in [3.8, 4) is 0 Å². The highest BCUT2D eigenvalue weighted by Gasteiger charge is 2.30. The highest BCUT2D eigenvalue weighted by atomic mass is 35.5. The van der Waals surface area contributed by atoms with Crippen molar-refractivity contribution in [1.82, 2.24) is 4.90 Å². The summed E-state index contributed by atoms with van der Waals surface area (Å²) in [6, 6.07) is 1.48. The molecular formula is C13H12ClF2NO3. The van der Waals surface area contributed by atoms with Crippen LogP contribution < -0.4 is 0 Å². The molecule has 2 rings (SSSR count). The molecule has 7 heteroatoms. The van der Waals surface area contributed by atoms with Crippen LogP contribution in [0, 0.1) is 17.6 Å². The Balaban J connectivity index is 2.23. The lowest BCUT2D eigenvalue weighted by Gasteiger charge is -2.30. The van der Waals surface area contributed by atoms with E-state index < -0.39 is 40.0 Å². The van der Waals surface area contributed by atoms with E-state index >= 15 is 0 Å². The number of piperidine rings is 1. The van der Waals surface area contributed by atoms with Gasteiger partial charge >= 0.3 is 5.97 Å². The third-order valence-electron chi connectivity index (χ3n) is 3.30. The smallest absolute Gasteiger partial charge is 0.308 e. The van der Waals surface area contributed by atoms with Crippen LogP contribution in [0.5, 0.6) is 0 Å². The van der Waals surface area contributed by atoms with E-state index in [1.165, 1.54) is 4.90 Å². The summed E-state index contributed by atoms with van der Waals surface area (Å²) < 4.78 is 27.0. The predicted octanol–water partition coefficient (Wildman–Crippen LogP) is 2.56. The lowest BCUT2D eigenvalue weighted by Crippen LogP contribution is -2.42. The lowest BCUT2D eigenvalue weighted by molar-refractivity contribution is -0.143. The van der Waals surface area contributed by atoms with Crippen LogP contribution >= 0.6 is 11.6 Å². The SMILES string of the molecule is O=C(O)C1CCCN(C(=O)c2cc(F)c(Cl)cc2F)C1. The van der Waals surface area contributed by atoms with Gasteiger partial charge in [0.15, 0.2) is 0 Å². The van der Waals surface area contributed by atoms with Crippen LogP contribution in [0.4, 0.5) is 8.78 Å². The number of rotatable bonds is 2. The van der Waals surface area contributed by atoms with Crippen molar-refractivity contribution in [2.45, 2.75) is 12.8 Å². The number of carbonyl (C=O) groups is 2. The normalized spacial score (nSPS) is 18.9. The van der Waals surface area contributed by atoms with E-state index in [1.54, 1.807) is 0 Å². The summed E-state index contributed by atoms with van der Waals surface area (Å²) in [5.41, 5.74) is -0.432. The van der Waals surface area contributed by atoms with Crippen molar-refractivity contribution < 1.29 is 23.5 Å². The van der Waals surface area contributed by atoms with E-state index in [2.05, 4.69) is 0 Å². The van der Waals surface area contributed by atoms with Crippen molar-refractivity contribution >= 4 is 23.5 Å². The van der Waals surface area contributed by atoms with Gasteiger partial charge in [0.2, 0.25) is 0 Å². The minimum Gasteiger partial charge on any atom is -0.481 e. The molecule has 1 saturated heterocycles. The Morgan fingerprint density at radius 2 is 2.00 bits per heavy atom. The number of benzene rings is 1. The van der Waals surface area contributed by atoms with Crippen molar-refractivity contribution in [1.29, 1.82) is 0 Å². The fraction of sp³-hybridized carbons (Fsp3) is 0.385. The largest absolute Gasteiger partial charge is 0.481 e. The summed E-state index contributed by atoms with van der Waals surface area (Å²) in [6.45, 7) is 0.324. The number of aliphatic carboxylic acids is 1.